The molecule has 0 radical (unpaired) electrons. The SMILES string of the molecule is CCOC(=O)/C(C)=C(C)/C(C)=C(/C)CC(C)CCC=C(C)C. The zero-order valence-electron chi connectivity index (χ0n) is 15.8. The Labute approximate surface area is 137 Å². The van der Waals surface area contributed by atoms with Gasteiger partial charge in [0.25, 0.3) is 0 Å². The molecule has 2 heteroatoms. The molecule has 0 aromatic rings. The highest BCUT2D eigenvalue weighted by Gasteiger charge is 2.12. The average Bonchev–Trinajstić information content (AvgIpc) is 2.44. The summed E-state index contributed by atoms with van der Waals surface area (Å²) < 4.78 is 5.09. The molecule has 0 saturated heterocycles. The van der Waals surface area contributed by atoms with Crippen molar-refractivity contribution in [3.63, 3.8) is 0 Å². The summed E-state index contributed by atoms with van der Waals surface area (Å²) in [5.41, 5.74) is 5.74. The van der Waals surface area contributed by atoms with Crippen LogP contribution in [0.5, 0.6) is 0 Å². The second-order valence-corrected chi connectivity index (χ2v) is 6.54. The number of hydrogen-bond donors (Lipinski definition) is 0. The Morgan fingerprint density at radius 3 is 2.09 bits per heavy atom. The van der Waals surface area contributed by atoms with Gasteiger partial charge in [-0.15, -0.1) is 0 Å². The van der Waals surface area contributed by atoms with E-state index in [0.717, 1.165) is 24.0 Å². The van der Waals surface area contributed by atoms with Gasteiger partial charge in [-0.1, -0.05) is 24.1 Å². The van der Waals surface area contributed by atoms with Crippen molar-refractivity contribution in [2.24, 2.45) is 5.92 Å². The van der Waals surface area contributed by atoms with Crippen LogP contribution in [0.3, 0.4) is 0 Å². The van der Waals surface area contributed by atoms with Gasteiger partial charge in [-0.05, 0) is 84.8 Å². The second kappa shape index (κ2) is 10.4. The minimum absolute atomic E-state index is 0.205. The van der Waals surface area contributed by atoms with Crippen LogP contribution in [0.2, 0.25) is 0 Å². The average molecular weight is 306 g/mol. The van der Waals surface area contributed by atoms with E-state index in [-0.39, 0.29) is 5.97 Å². The summed E-state index contributed by atoms with van der Waals surface area (Å²) in [4.78, 5) is 11.8. The maximum atomic E-state index is 11.8. The quantitative estimate of drug-likeness (QED) is 0.238. The Balaban J connectivity index is 4.87. The van der Waals surface area contributed by atoms with E-state index >= 15 is 0 Å². The van der Waals surface area contributed by atoms with E-state index in [1.165, 1.54) is 23.1 Å². The number of carbonyl (C=O) groups is 1. The van der Waals surface area contributed by atoms with Crippen molar-refractivity contribution in [2.45, 2.75) is 74.7 Å². The maximum absolute atomic E-state index is 11.8. The van der Waals surface area contributed by atoms with Crippen LogP contribution >= 0.6 is 0 Å². The molecule has 0 aliphatic carbocycles. The van der Waals surface area contributed by atoms with Gasteiger partial charge in [0.1, 0.15) is 0 Å². The van der Waals surface area contributed by atoms with Crippen LogP contribution in [0, 0.1) is 5.92 Å². The summed E-state index contributed by atoms with van der Waals surface area (Å²) in [6.07, 6.45) is 5.73. The Hall–Kier alpha value is -1.31. The minimum atomic E-state index is -0.205. The lowest BCUT2D eigenvalue weighted by Crippen LogP contribution is -2.08. The normalized spacial score (nSPS) is 14.7. The lowest BCUT2D eigenvalue weighted by atomic mass is 9.91. The fourth-order valence-corrected chi connectivity index (χ4v) is 2.43. The van der Waals surface area contributed by atoms with Crippen LogP contribution in [0.4, 0.5) is 0 Å². The van der Waals surface area contributed by atoms with Crippen molar-refractivity contribution in [1.82, 2.24) is 0 Å². The van der Waals surface area contributed by atoms with Crippen molar-refractivity contribution >= 4 is 5.97 Å². The maximum Gasteiger partial charge on any atom is 0.333 e. The van der Waals surface area contributed by atoms with Crippen molar-refractivity contribution in [2.75, 3.05) is 6.61 Å². The van der Waals surface area contributed by atoms with Crippen LogP contribution in [-0.2, 0) is 9.53 Å². The van der Waals surface area contributed by atoms with E-state index < -0.39 is 0 Å². The first-order valence-electron chi connectivity index (χ1n) is 8.35. The molecule has 1 unspecified atom stereocenters. The Bertz CT molecular complexity index is 460. The number of esters is 1. The fraction of sp³-hybridized carbons (Fsp3) is 0.650. The minimum Gasteiger partial charge on any atom is -0.463 e. The number of carbonyl (C=O) groups excluding carboxylic acids is 1. The molecule has 1 atom stereocenters. The lowest BCUT2D eigenvalue weighted by molar-refractivity contribution is -0.138. The van der Waals surface area contributed by atoms with Crippen molar-refractivity contribution in [3.05, 3.63) is 33.9 Å². The smallest absolute Gasteiger partial charge is 0.333 e. The van der Waals surface area contributed by atoms with E-state index in [0.29, 0.717) is 12.5 Å². The van der Waals surface area contributed by atoms with Gasteiger partial charge < -0.3 is 4.74 Å². The summed E-state index contributed by atoms with van der Waals surface area (Å²) in [5, 5.41) is 0. The summed E-state index contributed by atoms with van der Waals surface area (Å²) in [7, 11) is 0. The van der Waals surface area contributed by atoms with E-state index in [1.54, 1.807) is 0 Å². The molecular formula is C20H34O2. The molecule has 0 rings (SSSR count). The van der Waals surface area contributed by atoms with Gasteiger partial charge in [0.15, 0.2) is 0 Å². The lowest BCUT2D eigenvalue weighted by Gasteiger charge is -2.15. The number of hydrogen-bond acceptors (Lipinski definition) is 2. The van der Waals surface area contributed by atoms with Gasteiger partial charge in [-0.3, -0.25) is 0 Å². The molecular weight excluding hydrogens is 272 g/mol. The van der Waals surface area contributed by atoms with Crippen molar-refractivity contribution < 1.29 is 9.53 Å². The van der Waals surface area contributed by atoms with Gasteiger partial charge >= 0.3 is 5.97 Å². The molecule has 0 aromatic heterocycles. The predicted molar refractivity (Wildman–Crippen MR) is 95.8 cm³/mol. The molecule has 0 N–H and O–H groups in total. The van der Waals surface area contributed by atoms with Crippen LogP contribution in [0.1, 0.15) is 74.7 Å². The molecule has 126 valence electrons. The molecule has 0 bridgehead atoms. The predicted octanol–water partition coefficient (Wildman–Crippen LogP) is 5.99. The zero-order valence-corrected chi connectivity index (χ0v) is 15.8. The molecule has 0 heterocycles. The molecule has 0 fully saturated rings. The van der Waals surface area contributed by atoms with Crippen LogP contribution in [0.25, 0.3) is 0 Å². The second-order valence-electron chi connectivity index (χ2n) is 6.54. The summed E-state index contributed by atoms with van der Waals surface area (Å²) >= 11 is 0. The molecule has 0 aliphatic rings. The Morgan fingerprint density at radius 2 is 1.59 bits per heavy atom. The van der Waals surface area contributed by atoms with Crippen molar-refractivity contribution in [1.29, 1.82) is 0 Å². The molecule has 0 saturated carbocycles. The molecule has 0 spiro atoms. The summed E-state index contributed by atoms with van der Waals surface area (Å²) in [6.45, 7) is 17.0. The van der Waals surface area contributed by atoms with E-state index in [9.17, 15) is 4.79 Å². The number of ether oxygens (including phenoxy) is 1. The van der Waals surface area contributed by atoms with Crippen LogP contribution < -0.4 is 0 Å². The van der Waals surface area contributed by atoms with Gasteiger partial charge in [0.2, 0.25) is 0 Å². The third-order valence-electron chi connectivity index (χ3n) is 4.21. The largest absolute Gasteiger partial charge is 0.463 e. The fourth-order valence-electron chi connectivity index (χ4n) is 2.43. The van der Waals surface area contributed by atoms with Gasteiger partial charge in [-0.2, -0.15) is 0 Å². The number of rotatable bonds is 8. The number of allylic oxidation sites excluding steroid dienone is 5. The Morgan fingerprint density at radius 1 is 1.00 bits per heavy atom. The zero-order chi connectivity index (χ0) is 17.3. The van der Waals surface area contributed by atoms with Gasteiger partial charge in [0.05, 0.1) is 6.61 Å². The third-order valence-corrected chi connectivity index (χ3v) is 4.21. The molecule has 2 nitrogen and oxygen atoms in total. The first kappa shape index (κ1) is 20.7. The molecule has 0 amide bonds. The topological polar surface area (TPSA) is 26.3 Å². The third kappa shape index (κ3) is 7.63. The summed E-state index contributed by atoms with van der Waals surface area (Å²) in [5.74, 6) is 0.449. The first-order chi connectivity index (χ1) is 10.2. The molecule has 0 aromatic carbocycles. The van der Waals surface area contributed by atoms with E-state index in [2.05, 4.69) is 40.7 Å². The summed E-state index contributed by atoms with van der Waals surface area (Å²) in [6, 6.07) is 0. The van der Waals surface area contributed by atoms with Crippen molar-refractivity contribution in [3.8, 4) is 0 Å². The first-order valence-corrected chi connectivity index (χ1v) is 8.35. The van der Waals surface area contributed by atoms with Gasteiger partial charge in [-0.25, -0.2) is 4.79 Å². The standard InChI is InChI=1S/C20H34O2/c1-9-22-20(21)19(8)18(7)17(6)16(5)13-15(4)12-10-11-14(2)3/h11,15H,9-10,12-13H2,1-8H3/b17-16-,19-18+. The highest BCUT2D eigenvalue weighted by molar-refractivity contribution is 5.89. The Kier molecular flexibility index (Phi) is 9.80. The molecule has 22 heavy (non-hydrogen) atoms. The van der Waals surface area contributed by atoms with Gasteiger partial charge in [0, 0.05) is 5.57 Å². The van der Waals surface area contributed by atoms with E-state index in [1.807, 2.05) is 20.8 Å². The monoisotopic (exact) mass is 306 g/mol. The van der Waals surface area contributed by atoms with E-state index in [4.69, 9.17) is 4.74 Å². The highest BCUT2D eigenvalue weighted by atomic mass is 16.5. The highest BCUT2D eigenvalue weighted by Crippen LogP contribution is 2.24. The van der Waals surface area contributed by atoms with Crippen LogP contribution in [-0.4, -0.2) is 12.6 Å². The van der Waals surface area contributed by atoms with Crippen LogP contribution in [0.15, 0.2) is 33.9 Å². The molecule has 0 aliphatic heterocycles.